The van der Waals surface area contributed by atoms with E-state index in [0.29, 0.717) is 12.3 Å². The van der Waals surface area contributed by atoms with Gasteiger partial charge in [0.2, 0.25) is 5.88 Å². The summed E-state index contributed by atoms with van der Waals surface area (Å²) in [5, 5.41) is 0. The summed E-state index contributed by atoms with van der Waals surface area (Å²) >= 11 is 0. The van der Waals surface area contributed by atoms with Crippen LogP contribution in [0.15, 0.2) is 60.8 Å². The SMILES string of the molecule is CN(C(=O)Oc1ccc(Oc2ccc(C(F)(F)F)cn2)cc1)c1ccc(F)cc1F. The maximum Gasteiger partial charge on any atom is 0.419 e. The van der Waals surface area contributed by atoms with E-state index in [1.807, 2.05) is 0 Å². The van der Waals surface area contributed by atoms with Crippen molar-refractivity contribution in [3.05, 3.63) is 78.0 Å². The summed E-state index contributed by atoms with van der Waals surface area (Å²) in [5.74, 6) is -1.43. The zero-order chi connectivity index (χ0) is 21.9. The van der Waals surface area contributed by atoms with Gasteiger partial charge in [0.1, 0.15) is 23.1 Å². The Hall–Kier alpha value is -3.69. The number of carbonyl (C=O) groups excluding carboxylic acids is 1. The Morgan fingerprint density at radius 3 is 2.20 bits per heavy atom. The summed E-state index contributed by atoms with van der Waals surface area (Å²) in [6.45, 7) is 0. The number of rotatable bonds is 4. The van der Waals surface area contributed by atoms with Crippen LogP contribution >= 0.6 is 0 Å². The number of benzene rings is 2. The lowest BCUT2D eigenvalue weighted by Crippen LogP contribution is -2.30. The molecule has 0 aliphatic rings. The Morgan fingerprint density at radius 1 is 0.967 bits per heavy atom. The standard InChI is InChI=1S/C20H13F5N2O3/c1-27(17-8-3-13(21)10-16(17)22)19(28)30-15-6-4-14(5-7-15)29-18-9-2-12(11-26-18)20(23,24)25/h2-11H,1H3. The first-order valence-electron chi connectivity index (χ1n) is 8.35. The molecule has 0 saturated carbocycles. The van der Waals surface area contributed by atoms with E-state index in [0.717, 1.165) is 29.2 Å². The molecule has 2 aromatic carbocycles. The number of anilines is 1. The number of alkyl halides is 3. The summed E-state index contributed by atoms with van der Waals surface area (Å²) in [4.78, 5) is 16.6. The quantitative estimate of drug-likeness (QED) is 0.497. The van der Waals surface area contributed by atoms with E-state index in [-0.39, 0.29) is 23.1 Å². The van der Waals surface area contributed by atoms with Crippen molar-refractivity contribution in [2.24, 2.45) is 0 Å². The van der Waals surface area contributed by atoms with Gasteiger partial charge in [0, 0.05) is 25.4 Å². The highest BCUT2D eigenvalue weighted by molar-refractivity contribution is 5.88. The molecule has 0 unspecified atom stereocenters. The third-order valence-corrected chi connectivity index (χ3v) is 3.86. The highest BCUT2D eigenvalue weighted by Crippen LogP contribution is 2.30. The Labute approximate surface area is 167 Å². The minimum Gasteiger partial charge on any atom is -0.439 e. The molecule has 0 aliphatic heterocycles. The summed E-state index contributed by atoms with van der Waals surface area (Å²) in [7, 11) is 1.26. The molecule has 3 rings (SSSR count). The molecule has 0 radical (unpaired) electrons. The van der Waals surface area contributed by atoms with Gasteiger partial charge in [-0.3, -0.25) is 4.90 Å². The van der Waals surface area contributed by atoms with E-state index in [9.17, 15) is 26.7 Å². The zero-order valence-corrected chi connectivity index (χ0v) is 15.3. The van der Waals surface area contributed by atoms with E-state index in [4.69, 9.17) is 9.47 Å². The fourth-order valence-corrected chi connectivity index (χ4v) is 2.33. The van der Waals surface area contributed by atoms with Crippen LogP contribution in [0.25, 0.3) is 0 Å². The molecule has 10 heteroatoms. The number of nitrogens with zero attached hydrogens (tertiary/aromatic N) is 2. The molecule has 30 heavy (non-hydrogen) atoms. The van der Waals surface area contributed by atoms with Crippen LogP contribution in [0.5, 0.6) is 17.4 Å². The number of hydrogen-bond acceptors (Lipinski definition) is 4. The molecule has 1 amide bonds. The number of amides is 1. The van der Waals surface area contributed by atoms with Crippen LogP contribution in [0.2, 0.25) is 0 Å². The molecule has 0 bridgehead atoms. The summed E-state index contributed by atoms with van der Waals surface area (Å²) in [6.07, 6.45) is -4.77. The van der Waals surface area contributed by atoms with Crippen molar-refractivity contribution in [2.75, 3.05) is 11.9 Å². The van der Waals surface area contributed by atoms with Gasteiger partial charge >= 0.3 is 12.3 Å². The average molecular weight is 424 g/mol. The van der Waals surface area contributed by atoms with Gasteiger partial charge in [-0.25, -0.2) is 18.6 Å². The van der Waals surface area contributed by atoms with Gasteiger partial charge in [-0.05, 0) is 42.5 Å². The first kappa shape index (κ1) is 21.0. The molecule has 3 aromatic rings. The third kappa shape index (κ3) is 5.02. The maximum atomic E-state index is 13.8. The van der Waals surface area contributed by atoms with Crippen molar-refractivity contribution < 1.29 is 36.2 Å². The molecular formula is C20H13F5N2O3. The number of hydrogen-bond donors (Lipinski definition) is 0. The molecule has 0 fully saturated rings. The lowest BCUT2D eigenvalue weighted by atomic mass is 10.3. The largest absolute Gasteiger partial charge is 0.439 e. The molecule has 0 N–H and O–H groups in total. The van der Waals surface area contributed by atoms with Gasteiger partial charge in [0.05, 0.1) is 11.3 Å². The van der Waals surface area contributed by atoms with Crippen LogP contribution in [0.1, 0.15) is 5.56 Å². The second-order valence-corrected chi connectivity index (χ2v) is 5.98. The first-order valence-corrected chi connectivity index (χ1v) is 8.35. The second kappa shape index (κ2) is 8.36. The second-order valence-electron chi connectivity index (χ2n) is 5.98. The number of aromatic nitrogens is 1. The highest BCUT2D eigenvalue weighted by atomic mass is 19.4. The van der Waals surface area contributed by atoms with Crippen molar-refractivity contribution in [2.45, 2.75) is 6.18 Å². The van der Waals surface area contributed by atoms with Gasteiger partial charge in [0.15, 0.2) is 0 Å². The van der Waals surface area contributed by atoms with Crippen molar-refractivity contribution in [1.82, 2.24) is 4.98 Å². The van der Waals surface area contributed by atoms with Crippen molar-refractivity contribution in [3.63, 3.8) is 0 Å². The van der Waals surface area contributed by atoms with Crippen LogP contribution < -0.4 is 14.4 Å². The Morgan fingerprint density at radius 2 is 1.63 bits per heavy atom. The minimum absolute atomic E-state index is 0.0562. The number of ether oxygens (including phenoxy) is 2. The molecule has 5 nitrogen and oxygen atoms in total. The smallest absolute Gasteiger partial charge is 0.419 e. The predicted molar refractivity (Wildman–Crippen MR) is 96.5 cm³/mol. The third-order valence-electron chi connectivity index (χ3n) is 3.86. The zero-order valence-electron chi connectivity index (χ0n) is 15.3. The highest BCUT2D eigenvalue weighted by Gasteiger charge is 2.30. The lowest BCUT2D eigenvalue weighted by molar-refractivity contribution is -0.137. The van der Waals surface area contributed by atoms with E-state index in [2.05, 4.69) is 4.98 Å². The molecule has 1 aromatic heterocycles. The maximum absolute atomic E-state index is 13.8. The number of pyridine rings is 1. The molecule has 156 valence electrons. The molecule has 0 spiro atoms. The van der Waals surface area contributed by atoms with E-state index in [1.54, 1.807) is 0 Å². The van der Waals surface area contributed by atoms with Crippen LogP contribution in [0.3, 0.4) is 0 Å². The van der Waals surface area contributed by atoms with Gasteiger partial charge in [-0.2, -0.15) is 13.2 Å². The van der Waals surface area contributed by atoms with Crippen molar-refractivity contribution in [3.8, 4) is 17.4 Å². The van der Waals surface area contributed by atoms with Crippen LogP contribution in [0.4, 0.5) is 32.4 Å². The van der Waals surface area contributed by atoms with Crippen LogP contribution in [-0.2, 0) is 6.18 Å². The van der Waals surface area contributed by atoms with E-state index < -0.39 is 29.5 Å². The monoisotopic (exact) mass is 424 g/mol. The first-order chi connectivity index (χ1) is 14.1. The molecular weight excluding hydrogens is 411 g/mol. The average Bonchev–Trinajstić information content (AvgIpc) is 2.69. The van der Waals surface area contributed by atoms with Crippen LogP contribution in [-0.4, -0.2) is 18.1 Å². The molecule has 0 atom stereocenters. The number of halogens is 5. The summed E-state index contributed by atoms with van der Waals surface area (Å²) in [5.41, 5.74) is -1.08. The Balaban J connectivity index is 1.63. The molecule has 0 saturated heterocycles. The van der Waals surface area contributed by atoms with E-state index in [1.165, 1.54) is 31.3 Å². The molecule has 1 heterocycles. The van der Waals surface area contributed by atoms with Gasteiger partial charge in [-0.1, -0.05) is 0 Å². The minimum atomic E-state index is -4.50. The van der Waals surface area contributed by atoms with Gasteiger partial charge < -0.3 is 9.47 Å². The summed E-state index contributed by atoms with van der Waals surface area (Å²) < 4.78 is 74.8. The van der Waals surface area contributed by atoms with E-state index >= 15 is 0 Å². The van der Waals surface area contributed by atoms with Gasteiger partial charge in [0.25, 0.3) is 0 Å². The van der Waals surface area contributed by atoms with Gasteiger partial charge in [-0.15, -0.1) is 0 Å². The van der Waals surface area contributed by atoms with Crippen molar-refractivity contribution >= 4 is 11.8 Å². The Kier molecular flexibility index (Phi) is 5.86. The molecule has 0 aliphatic carbocycles. The van der Waals surface area contributed by atoms with Crippen LogP contribution in [0, 0.1) is 11.6 Å². The lowest BCUT2D eigenvalue weighted by Gasteiger charge is -2.17. The Bertz CT molecular complexity index is 1040. The summed E-state index contributed by atoms with van der Waals surface area (Å²) in [6, 6.07) is 10.2. The topological polar surface area (TPSA) is 51.7 Å². The predicted octanol–water partition coefficient (Wildman–Crippen LogP) is 5.81. The normalized spacial score (nSPS) is 11.1. The number of carbonyl (C=O) groups is 1. The fourth-order valence-electron chi connectivity index (χ4n) is 2.33. The van der Waals surface area contributed by atoms with Crippen molar-refractivity contribution in [1.29, 1.82) is 0 Å². The fraction of sp³-hybridized carbons (Fsp3) is 0.100.